The highest BCUT2D eigenvalue weighted by Crippen LogP contribution is 2.61. The molecule has 0 bridgehead atoms. The van der Waals surface area contributed by atoms with Gasteiger partial charge in [0, 0.05) is 24.7 Å². The lowest BCUT2D eigenvalue weighted by atomic mass is 9.50. The Balaban J connectivity index is 1.70. The summed E-state index contributed by atoms with van der Waals surface area (Å²) in [5.41, 5.74) is 1.28. The number of terminal acetylenes is 1. The second kappa shape index (κ2) is 5.33. The van der Waals surface area contributed by atoms with Crippen LogP contribution in [0.1, 0.15) is 58.3 Å². The molecule has 4 rings (SSSR count). The summed E-state index contributed by atoms with van der Waals surface area (Å²) in [6, 6.07) is 0. The van der Waals surface area contributed by atoms with E-state index in [1.165, 1.54) is 5.57 Å². The SMILES string of the molecule is C#CC[C@H]1C[C@@H]2[C@H](CC[C@]3(C)C(=O)CC[C@@H]23)[C@H]2CCC(=O)C=C12. The molecule has 0 saturated heterocycles. The normalized spacial score (nSPS) is 45.6. The highest BCUT2D eigenvalue weighted by atomic mass is 16.1. The van der Waals surface area contributed by atoms with E-state index >= 15 is 0 Å². The van der Waals surface area contributed by atoms with Gasteiger partial charge in [-0.1, -0.05) is 12.5 Å². The number of carbonyl (C=O) groups excluding carboxylic acids is 2. The van der Waals surface area contributed by atoms with Crippen LogP contribution in [0.4, 0.5) is 0 Å². The van der Waals surface area contributed by atoms with Gasteiger partial charge in [0.15, 0.2) is 5.78 Å². The third-order valence-corrected chi connectivity index (χ3v) is 7.57. The average molecular weight is 310 g/mol. The molecular weight excluding hydrogens is 284 g/mol. The van der Waals surface area contributed by atoms with E-state index in [4.69, 9.17) is 6.42 Å². The summed E-state index contributed by atoms with van der Waals surface area (Å²) < 4.78 is 0. The van der Waals surface area contributed by atoms with Gasteiger partial charge < -0.3 is 0 Å². The monoisotopic (exact) mass is 310 g/mol. The Bertz CT molecular complexity index is 622. The number of hydrogen-bond donors (Lipinski definition) is 0. The number of hydrogen-bond acceptors (Lipinski definition) is 2. The summed E-state index contributed by atoms with van der Waals surface area (Å²) >= 11 is 0. The molecule has 0 aromatic rings. The maximum Gasteiger partial charge on any atom is 0.155 e. The van der Waals surface area contributed by atoms with E-state index < -0.39 is 0 Å². The fourth-order valence-electron chi connectivity index (χ4n) is 6.45. The summed E-state index contributed by atoms with van der Waals surface area (Å²) in [4.78, 5) is 24.4. The minimum Gasteiger partial charge on any atom is -0.299 e. The molecule has 0 spiro atoms. The molecule has 4 aliphatic carbocycles. The second-order valence-corrected chi connectivity index (χ2v) is 8.45. The quantitative estimate of drug-likeness (QED) is 0.687. The number of carbonyl (C=O) groups is 2. The van der Waals surface area contributed by atoms with E-state index in [1.54, 1.807) is 0 Å². The fraction of sp³-hybridized carbons (Fsp3) is 0.714. The molecule has 23 heavy (non-hydrogen) atoms. The minimum absolute atomic E-state index is 0.0758. The molecule has 0 radical (unpaired) electrons. The first kappa shape index (κ1) is 15.2. The Morgan fingerprint density at radius 2 is 2.04 bits per heavy atom. The van der Waals surface area contributed by atoms with Crippen molar-refractivity contribution in [3.8, 4) is 12.3 Å². The lowest BCUT2D eigenvalue weighted by molar-refractivity contribution is -0.131. The fourth-order valence-corrected chi connectivity index (χ4v) is 6.45. The molecule has 6 atom stereocenters. The van der Waals surface area contributed by atoms with E-state index in [9.17, 15) is 9.59 Å². The zero-order chi connectivity index (χ0) is 16.2. The molecule has 4 aliphatic rings. The van der Waals surface area contributed by atoms with E-state index in [-0.39, 0.29) is 11.2 Å². The zero-order valence-electron chi connectivity index (χ0n) is 14.0. The first-order chi connectivity index (χ1) is 11.0. The standard InChI is InChI=1S/C21H26O2/c1-3-4-13-11-18-16(15-6-5-14(22)12-17(13)15)9-10-21(2)19(18)7-8-20(21)23/h1,12-13,15-16,18-19H,4-11H2,2H3/t13-,15+,16+,18+,19-,21-/m0/s1. The Hall–Kier alpha value is -1.36. The lowest BCUT2D eigenvalue weighted by Gasteiger charge is -2.54. The highest BCUT2D eigenvalue weighted by molar-refractivity contribution is 5.91. The summed E-state index contributed by atoms with van der Waals surface area (Å²) in [6.07, 6.45) is 15.1. The first-order valence-electron chi connectivity index (χ1n) is 9.25. The molecule has 0 N–H and O–H groups in total. The van der Waals surface area contributed by atoms with Crippen LogP contribution < -0.4 is 0 Å². The van der Waals surface area contributed by atoms with Crippen LogP contribution >= 0.6 is 0 Å². The van der Waals surface area contributed by atoms with Crippen molar-refractivity contribution in [2.45, 2.75) is 58.3 Å². The maximum absolute atomic E-state index is 12.4. The van der Waals surface area contributed by atoms with Crippen molar-refractivity contribution in [1.82, 2.24) is 0 Å². The van der Waals surface area contributed by atoms with Crippen molar-refractivity contribution in [3.63, 3.8) is 0 Å². The molecule has 2 heteroatoms. The molecule has 2 nitrogen and oxygen atoms in total. The smallest absolute Gasteiger partial charge is 0.155 e. The molecule has 0 amide bonds. The van der Waals surface area contributed by atoms with Gasteiger partial charge >= 0.3 is 0 Å². The number of allylic oxidation sites excluding steroid dienone is 1. The van der Waals surface area contributed by atoms with Crippen molar-refractivity contribution in [2.24, 2.45) is 35.0 Å². The maximum atomic E-state index is 12.4. The topological polar surface area (TPSA) is 34.1 Å². The molecule has 3 saturated carbocycles. The van der Waals surface area contributed by atoms with Gasteiger partial charge in [-0.2, -0.15) is 0 Å². The number of fused-ring (bicyclic) bond motifs is 5. The Kier molecular flexibility index (Phi) is 3.52. The van der Waals surface area contributed by atoms with Gasteiger partial charge in [-0.3, -0.25) is 9.59 Å². The summed E-state index contributed by atoms with van der Waals surface area (Å²) in [6.45, 7) is 2.22. The molecule has 0 aromatic heterocycles. The van der Waals surface area contributed by atoms with Gasteiger partial charge in [-0.15, -0.1) is 12.3 Å². The predicted octanol–water partition coefficient (Wildman–Crippen LogP) is 3.95. The largest absolute Gasteiger partial charge is 0.299 e. The van der Waals surface area contributed by atoms with E-state index in [1.807, 2.05) is 6.08 Å². The van der Waals surface area contributed by atoms with Crippen LogP contribution in [0.25, 0.3) is 0 Å². The van der Waals surface area contributed by atoms with Crippen molar-refractivity contribution in [1.29, 1.82) is 0 Å². The van der Waals surface area contributed by atoms with Crippen molar-refractivity contribution >= 4 is 11.6 Å². The van der Waals surface area contributed by atoms with Crippen LogP contribution in [0.5, 0.6) is 0 Å². The molecule has 3 fully saturated rings. The lowest BCUT2D eigenvalue weighted by Crippen LogP contribution is -2.48. The van der Waals surface area contributed by atoms with Gasteiger partial charge in [-0.05, 0) is 67.8 Å². The van der Waals surface area contributed by atoms with Gasteiger partial charge in [-0.25, -0.2) is 0 Å². The van der Waals surface area contributed by atoms with E-state index in [0.29, 0.717) is 41.8 Å². The minimum atomic E-state index is -0.0758. The molecular formula is C21H26O2. The van der Waals surface area contributed by atoms with E-state index in [0.717, 1.165) is 44.9 Å². The molecule has 0 unspecified atom stereocenters. The second-order valence-electron chi connectivity index (χ2n) is 8.45. The van der Waals surface area contributed by atoms with Crippen LogP contribution in [0.15, 0.2) is 11.6 Å². The van der Waals surface area contributed by atoms with Crippen LogP contribution in [0.3, 0.4) is 0 Å². The third kappa shape index (κ3) is 2.16. The molecule has 0 aliphatic heterocycles. The van der Waals surface area contributed by atoms with Crippen LogP contribution in [0, 0.1) is 47.3 Å². The average Bonchev–Trinajstić information content (AvgIpc) is 2.83. The Morgan fingerprint density at radius 1 is 1.22 bits per heavy atom. The van der Waals surface area contributed by atoms with E-state index in [2.05, 4.69) is 12.8 Å². The first-order valence-corrected chi connectivity index (χ1v) is 9.25. The van der Waals surface area contributed by atoms with Crippen molar-refractivity contribution in [2.75, 3.05) is 0 Å². The van der Waals surface area contributed by atoms with Gasteiger partial charge in [0.05, 0.1) is 0 Å². The van der Waals surface area contributed by atoms with Gasteiger partial charge in [0.2, 0.25) is 0 Å². The van der Waals surface area contributed by atoms with Crippen molar-refractivity contribution in [3.05, 3.63) is 11.6 Å². The van der Waals surface area contributed by atoms with Crippen LogP contribution in [0.2, 0.25) is 0 Å². The molecule has 122 valence electrons. The predicted molar refractivity (Wildman–Crippen MR) is 89.4 cm³/mol. The molecule has 0 aromatic carbocycles. The Labute approximate surface area is 139 Å². The summed E-state index contributed by atoms with van der Waals surface area (Å²) in [5, 5.41) is 0. The van der Waals surface area contributed by atoms with Crippen molar-refractivity contribution < 1.29 is 9.59 Å². The summed E-state index contributed by atoms with van der Waals surface area (Å²) in [7, 11) is 0. The molecule has 0 heterocycles. The zero-order valence-corrected chi connectivity index (χ0v) is 14.0. The Morgan fingerprint density at radius 3 is 2.83 bits per heavy atom. The summed E-state index contributed by atoms with van der Waals surface area (Å²) in [5.74, 6) is 6.39. The third-order valence-electron chi connectivity index (χ3n) is 7.57. The van der Waals surface area contributed by atoms with Crippen LogP contribution in [-0.4, -0.2) is 11.6 Å². The number of ketones is 2. The number of Topliss-reactive ketones (excluding diaryl/α,β-unsaturated/α-hetero) is 1. The number of rotatable bonds is 1. The highest BCUT2D eigenvalue weighted by Gasteiger charge is 2.57. The van der Waals surface area contributed by atoms with Crippen LogP contribution in [-0.2, 0) is 9.59 Å². The van der Waals surface area contributed by atoms with Gasteiger partial charge in [0.25, 0.3) is 0 Å². The van der Waals surface area contributed by atoms with Gasteiger partial charge in [0.1, 0.15) is 5.78 Å².